The lowest BCUT2D eigenvalue weighted by Gasteiger charge is -2.43. The molecule has 3 heterocycles. The number of nitrogens with zero attached hydrogens (tertiary/aromatic N) is 2. The van der Waals surface area contributed by atoms with Crippen LogP contribution in [0.15, 0.2) is 30.3 Å². The summed E-state index contributed by atoms with van der Waals surface area (Å²) in [6.45, 7) is 1.59. The molecule has 3 fully saturated rings. The minimum Gasteiger partial charge on any atom is -0.480 e. The van der Waals surface area contributed by atoms with Crippen LogP contribution in [0, 0.1) is 0 Å². The third kappa shape index (κ3) is 2.06. The quantitative estimate of drug-likeness (QED) is 0.776. The van der Waals surface area contributed by atoms with Crippen molar-refractivity contribution < 1.29 is 14.7 Å². The van der Waals surface area contributed by atoms with Crippen LogP contribution in [-0.4, -0.2) is 57.2 Å². The molecule has 23 heavy (non-hydrogen) atoms. The van der Waals surface area contributed by atoms with Gasteiger partial charge in [0, 0.05) is 18.8 Å². The first-order chi connectivity index (χ1) is 11.0. The highest BCUT2D eigenvalue weighted by molar-refractivity contribution is 8.01. The smallest absolute Gasteiger partial charge is 0.327 e. The van der Waals surface area contributed by atoms with Crippen LogP contribution >= 0.6 is 11.8 Å². The Balaban J connectivity index is 1.56. The fourth-order valence-electron chi connectivity index (χ4n) is 3.99. The number of aliphatic carboxylic acids is 1. The fourth-order valence-corrected chi connectivity index (χ4v) is 5.84. The molecule has 3 aliphatic rings. The highest BCUT2D eigenvalue weighted by Gasteiger charge is 2.66. The molecule has 0 aromatic heterocycles. The Morgan fingerprint density at radius 3 is 2.52 bits per heavy atom. The van der Waals surface area contributed by atoms with Gasteiger partial charge in [-0.2, -0.15) is 0 Å². The van der Waals surface area contributed by atoms with Crippen molar-refractivity contribution in [1.29, 1.82) is 0 Å². The van der Waals surface area contributed by atoms with Gasteiger partial charge in [-0.3, -0.25) is 4.79 Å². The third-order valence-electron chi connectivity index (χ3n) is 5.22. The lowest BCUT2D eigenvalue weighted by Crippen LogP contribution is -2.69. The molecule has 0 radical (unpaired) electrons. The van der Waals surface area contributed by atoms with E-state index in [1.807, 2.05) is 18.2 Å². The fraction of sp³-hybridized carbons (Fsp3) is 0.500. The summed E-state index contributed by atoms with van der Waals surface area (Å²) in [5.74, 6) is -1.13. The Morgan fingerprint density at radius 2 is 1.91 bits per heavy atom. The van der Waals surface area contributed by atoms with E-state index in [9.17, 15) is 14.7 Å². The molecule has 2 unspecified atom stereocenters. The van der Waals surface area contributed by atoms with E-state index >= 15 is 0 Å². The largest absolute Gasteiger partial charge is 0.480 e. The van der Waals surface area contributed by atoms with Gasteiger partial charge in [0.25, 0.3) is 0 Å². The molecule has 1 aromatic carbocycles. The van der Waals surface area contributed by atoms with Gasteiger partial charge in [-0.25, -0.2) is 4.79 Å². The van der Waals surface area contributed by atoms with E-state index in [2.05, 4.69) is 17.0 Å². The topological polar surface area (TPSA) is 86.9 Å². The van der Waals surface area contributed by atoms with Crippen LogP contribution in [0.1, 0.15) is 12.8 Å². The SMILES string of the molecule is NC1C(=O)N2C(C(=O)O)C3(CCN(c4ccccc4)CC3)S[C@H]12. The van der Waals surface area contributed by atoms with Crippen molar-refractivity contribution in [1.82, 2.24) is 4.90 Å². The first kappa shape index (κ1) is 14.8. The number of carboxylic acids is 1. The molecule has 1 aromatic rings. The summed E-state index contributed by atoms with van der Waals surface area (Å²) in [4.78, 5) is 27.6. The van der Waals surface area contributed by atoms with E-state index in [1.165, 1.54) is 4.90 Å². The molecule has 0 aliphatic carbocycles. The number of carbonyl (C=O) groups excluding carboxylic acids is 1. The van der Waals surface area contributed by atoms with Gasteiger partial charge < -0.3 is 20.6 Å². The number of piperidine rings is 1. The second-order valence-corrected chi connectivity index (χ2v) is 7.94. The molecular formula is C16H19N3O3S. The highest BCUT2D eigenvalue weighted by Crippen LogP contribution is 2.55. The van der Waals surface area contributed by atoms with Crippen molar-refractivity contribution in [3.05, 3.63) is 30.3 Å². The number of nitrogens with two attached hydrogens (primary N) is 1. The van der Waals surface area contributed by atoms with Crippen molar-refractivity contribution in [2.45, 2.75) is 35.0 Å². The summed E-state index contributed by atoms with van der Waals surface area (Å²) in [6, 6.07) is 8.85. The van der Waals surface area contributed by atoms with Gasteiger partial charge in [0.2, 0.25) is 5.91 Å². The number of amides is 1. The third-order valence-corrected chi connectivity index (χ3v) is 7.08. The summed E-state index contributed by atoms with van der Waals surface area (Å²) in [7, 11) is 0. The number of fused-ring (bicyclic) bond motifs is 1. The van der Waals surface area contributed by atoms with Gasteiger partial charge in [0.05, 0.1) is 4.75 Å². The predicted octanol–water partition coefficient (Wildman–Crippen LogP) is 0.721. The number of benzene rings is 1. The molecule has 0 saturated carbocycles. The average Bonchev–Trinajstić information content (AvgIpc) is 2.88. The maximum Gasteiger partial charge on any atom is 0.327 e. The normalized spacial score (nSPS) is 31.9. The van der Waals surface area contributed by atoms with Crippen LogP contribution in [-0.2, 0) is 9.59 Å². The summed E-state index contributed by atoms with van der Waals surface area (Å²) in [5, 5.41) is 9.50. The van der Waals surface area contributed by atoms with Crippen LogP contribution in [0.5, 0.6) is 0 Å². The zero-order valence-electron chi connectivity index (χ0n) is 12.6. The minimum absolute atomic E-state index is 0.174. The van der Waals surface area contributed by atoms with Crippen LogP contribution in [0.25, 0.3) is 0 Å². The number of carbonyl (C=O) groups is 2. The van der Waals surface area contributed by atoms with Gasteiger partial charge >= 0.3 is 5.97 Å². The number of thioether (sulfide) groups is 1. The van der Waals surface area contributed by atoms with Gasteiger partial charge in [0.1, 0.15) is 17.5 Å². The van der Waals surface area contributed by atoms with E-state index in [1.54, 1.807) is 11.8 Å². The number of rotatable bonds is 2. The molecule has 3 aliphatic heterocycles. The number of hydrogen-bond donors (Lipinski definition) is 2. The lowest BCUT2D eigenvalue weighted by atomic mass is 9.85. The lowest BCUT2D eigenvalue weighted by molar-refractivity contribution is -0.159. The Labute approximate surface area is 138 Å². The summed E-state index contributed by atoms with van der Waals surface area (Å²) < 4.78 is -0.411. The number of anilines is 1. The second kappa shape index (κ2) is 5.14. The second-order valence-electron chi connectivity index (χ2n) is 6.41. The molecular weight excluding hydrogens is 314 g/mol. The van der Waals surface area contributed by atoms with Gasteiger partial charge in [-0.05, 0) is 25.0 Å². The number of hydrogen-bond acceptors (Lipinski definition) is 5. The maximum absolute atomic E-state index is 12.0. The molecule has 4 rings (SSSR count). The zero-order valence-corrected chi connectivity index (χ0v) is 13.4. The highest BCUT2D eigenvalue weighted by atomic mass is 32.2. The Hall–Kier alpha value is -1.73. The van der Waals surface area contributed by atoms with Crippen LogP contribution < -0.4 is 10.6 Å². The van der Waals surface area contributed by atoms with Crippen molar-refractivity contribution in [3.8, 4) is 0 Å². The van der Waals surface area contributed by atoms with Crippen LogP contribution in [0.2, 0.25) is 0 Å². The minimum atomic E-state index is -0.909. The Bertz CT molecular complexity index is 645. The van der Waals surface area contributed by atoms with Crippen molar-refractivity contribution in [2.75, 3.05) is 18.0 Å². The first-order valence-corrected chi connectivity index (χ1v) is 8.70. The molecule has 122 valence electrons. The van der Waals surface area contributed by atoms with E-state index in [4.69, 9.17) is 5.73 Å². The Kier molecular flexibility index (Phi) is 3.32. The number of carboxylic acid groups (broad SMARTS) is 1. The summed E-state index contributed by atoms with van der Waals surface area (Å²) >= 11 is 1.60. The van der Waals surface area contributed by atoms with Gasteiger partial charge in [-0.15, -0.1) is 11.8 Å². The maximum atomic E-state index is 12.0. The van der Waals surface area contributed by atoms with Crippen LogP contribution in [0.4, 0.5) is 5.69 Å². The van der Waals surface area contributed by atoms with E-state index < -0.39 is 22.8 Å². The number of β-lactam (4-membered cyclic amide) rings is 1. The molecule has 3 saturated heterocycles. The molecule has 7 heteroatoms. The molecule has 1 amide bonds. The molecule has 3 atom stereocenters. The monoisotopic (exact) mass is 333 g/mol. The van der Waals surface area contributed by atoms with E-state index in [0.717, 1.165) is 31.6 Å². The van der Waals surface area contributed by atoms with Crippen molar-refractivity contribution in [2.24, 2.45) is 5.73 Å². The standard InChI is InChI=1S/C16H19N3O3S/c17-11-13(20)19-12(15(21)22)16(23-14(11)19)6-8-18(9-7-16)10-4-2-1-3-5-10/h1-5,11-12,14H,6-9,17H2,(H,21,22)/t11?,12?,14-/m1/s1. The molecule has 1 spiro atoms. The molecule has 0 bridgehead atoms. The van der Waals surface area contributed by atoms with Crippen LogP contribution in [0.3, 0.4) is 0 Å². The summed E-state index contributed by atoms with van der Waals surface area (Å²) in [6.07, 6.45) is 1.49. The molecule has 6 nitrogen and oxygen atoms in total. The van der Waals surface area contributed by atoms with Gasteiger partial charge in [-0.1, -0.05) is 18.2 Å². The number of para-hydroxylation sites is 1. The van der Waals surface area contributed by atoms with Crippen molar-refractivity contribution >= 4 is 29.3 Å². The van der Waals surface area contributed by atoms with E-state index in [-0.39, 0.29) is 11.3 Å². The summed E-state index contributed by atoms with van der Waals surface area (Å²) in [5.41, 5.74) is 7.02. The predicted molar refractivity (Wildman–Crippen MR) is 88.2 cm³/mol. The molecule has 3 N–H and O–H groups in total. The van der Waals surface area contributed by atoms with E-state index in [0.29, 0.717) is 0 Å². The van der Waals surface area contributed by atoms with Gasteiger partial charge in [0.15, 0.2) is 0 Å². The van der Waals surface area contributed by atoms with Crippen molar-refractivity contribution in [3.63, 3.8) is 0 Å². The Morgan fingerprint density at radius 1 is 1.26 bits per heavy atom. The average molecular weight is 333 g/mol. The zero-order chi connectivity index (χ0) is 16.2. The first-order valence-electron chi connectivity index (χ1n) is 7.82.